The Morgan fingerprint density at radius 1 is 1.42 bits per heavy atom. The van der Waals surface area contributed by atoms with Crippen LogP contribution in [0.1, 0.15) is 13.8 Å². The van der Waals surface area contributed by atoms with Crippen molar-refractivity contribution in [3.63, 3.8) is 0 Å². The van der Waals surface area contributed by atoms with Crippen molar-refractivity contribution in [1.29, 1.82) is 0 Å². The zero-order valence-corrected chi connectivity index (χ0v) is 11.2. The van der Waals surface area contributed by atoms with Crippen molar-refractivity contribution in [2.75, 3.05) is 6.54 Å². The van der Waals surface area contributed by atoms with Gasteiger partial charge in [0.15, 0.2) is 5.58 Å². The van der Waals surface area contributed by atoms with Gasteiger partial charge < -0.3 is 9.52 Å². The predicted molar refractivity (Wildman–Crippen MR) is 68.3 cm³/mol. The molecule has 0 aliphatic rings. The fourth-order valence-corrected chi connectivity index (χ4v) is 2.68. The molecule has 0 unspecified atom stereocenters. The molecule has 0 aliphatic carbocycles. The summed E-state index contributed by atoms with van der Waals surface area (Å²) in [5, 5.41) is 9.51. The molecule has 19 heavy (non-hydrogen) atoms. The van der Waals surface area contributed by atoms with Gasteiger partial charge in [0.1, 0.15) is 0 Å². The Morgan fingerprint density at radius 2 is 2.11 bits per heavy atom. The molecule has 0 fully saturated rings. The lowest BCUT2D eigenvalue weighted by Gasteiger charge is -2.17. The fourth-order valence-electron chi connectivity index (χ4n) is 1.45. The molecule has 0 saturated heterocycles. The van der Waals surface area contributed by atoms with Crippen LogP contribution in [0.5, 0.6) is 0 Å². The highest BCUT2D eigenvalue weighted by atomic mass is 32.2. The minimum atomic E-state index is -3.75. The van der Waals surface area contributed by atoms with E-state index >= 15 is 0 Å². The number of hydrogen-bond donors (Lipinski definition) is 3. The second-order valence-corrected chi connectivity index (χ2v) is 6.58. The quantitative estimate of drug-likeness (QED) is 0.741. The van der Waals surface area contributed by atoms with Gasteiger partial charge in [-0.15, -0.1) is 0 Å². The summed E-state index contributed by atoms with van der Waals surface area (Å²) in [4.78, 5) is 13.4. The zero-order chi connectivity index (χ0) is 14.3. The summed E-state index contributed by atoms with van der Waals surface area (Å²) in [6.45, 7) is 2.87. The van der Waals surface area contributed by atoms with Gasteiger partial charge in [-0.05, 0) is 32.0 Å². The van der Waals surface area contributed by atoms with E-state index in [1.807, 2.05) is 0 Å². The van der Waals surface area contributed by atoms with Crippen LogP contribution in [-0.4, -0.2) is 30.7 Å². The lowest BCUT2D eigenvalue weighted by molar-refractivity contribution is 0.0857. The lowest BCUT2D eigenvalue weighted by atomic mass is 10.1. The predicted octanol–water partition coefficient (Wildman–Crippen LogP) is 0.170. The molecule has 1 aromatic carbocycles. The number of aromatic amines is 1. The van der Waals surface area contributed by atoms with Crippen molar-refractivity contribution >= 4 is 21.1 Å². The van der Waals surface area contributed by atoms with E-state index in [2.05, 4.69) is 9.71 Å². The number of benzene rings is 1. The number of aliphatic hydroxyl groups is 1. The average Bonchev–Trinajstić information content (AvgIpc) is 2.64. The third kappa shape index (κ3) is 3.22. The summed E-state index contributed by atoms with van der Waals surface area (Å²) < 4.78 is 31.0. The first kappa shape index (κ1) is 13.8. The first-order chi connectivity index (χ1) is 8.67. The molecule has 0 amide bonds. The Balaban J connectivity index is 2.34. The molecule has 2 rings (SSSR count). The van der Waals surface area contributed by atoms with E-state index in [4.69, 9.17) is 4.42 Å². The Hall–Kier alpha value is -1.64. The Kier molecular flexibility index (Phi) is 3.25. The second kappa shape index (κ2) is 4.48. The van der Waals surface area contributed by atoms with Crippen molar-refractivity contribution in [3.05, 3.63) is 28.7 Å². The van der Waals surface area contributed by atoms with Crippen molar-refractivity contribution in [2.45, 2.75) is 24.3 Å². The van der Waals surface area contributed by atoms with E-state index in [1.54, 1.807) is 0 Å². The highest BCUT2D eigenvalue weighted by molar-refractivity contribution is 7.89. The summed E-state index contributed by atoms with van der Waals surface area (Å²) in [6, 6.07) is 4.02. The van der Waals surface area contributed by atoms with Crippen LogP contribution >= 0.6 is 0 Å². The molecule has 104 valence electrons. The number of nitrogens with one attached hydrogen (secondary N) is 2. The van der Waals surface area contributed by atoms with Crippen LogP contribution in [0.4, 0.5) is 0 Å². The molecule has 8 heteroatoms. The van der Waals surface area contributed by atoms with Crippen LogP contribution in [0.2, 0.25) is 0 Å². The smallest absolute Gasteiger partial charge is 0.408 e. The summed E-state index contributed by atoms with van der Waals surface area (Å²) in [6.07, 6.45) is 0. The monoisotopic (exact) mass is 286 g/mol. The van der Waals surface area contributed by atoms with Gasteiger partial charge in [-0.1, -0.05) is 0 Å². The van der Waals surface area contributed by atoms with Gasteiger partial charge in [0.25, 0.3) is 0 Å². The number of sulfonamides is 1. The third-order valence-electron chi connectivity index (χ3n) is 2.40. The summed E-state index contributed by atoms with van der Waals surface area (Å²) >= 11 is 0. The molecule has 0 spiro atoms. The van der Waals surface area contributed by atoms with E-state index in [0.717, 1.165) is 0 Å². The maximum atomic E-state index is 12.0. The van der Waals surface area contributed by atoms with Gasteiger partial charge in [0.2, 0.25) is 10.0 Å². The van der Waals surface area contributed by atoms with Crippen molar-refractivity contribution in [1.82, 2.24) is 9.71 Å². The van der Waals surface area contributed by atoms with Crippen LogP contribution in [0.25, 0.3) is 11.1 Å². The number of hydrogen-bond acceptors (Lipinski definition) is 5. The topological polar surface area (TPSA) is 112 Å². The van der Waals surface area contributed by atoms with Gasteiger partial charge in [-0.25, -0.2) is 17.9 Å². The minimum absolute atomic E-state index is 0.0127. The maximum Gasteiger partial charge on any atom is 0.417 e. The van der Waals surface area contributed by atoms with E-state index in [0.29, 0.717) is 5.52 Å². The summed E-state index contributed by atoms with van der Waals surface area (Å²) in [5.74, 6) is -0.644. The van der Waals surface area contributed by atoms with Gasteiger partial charge in [0, 0.05) is 6.54 Å². The van der Waals surface area contributed by atoms with Crippen molar-refractivity contribution in [3.8, 4) is 0 Å². The number of fused-ring (bicyclic) bond motifs is 1. The summed E-state index contributed by atoms with van der Waals surface area (Å²) in [7, 11) is -3.75. The molecule has 3 N–H and O–H groups in total. The molecule has 0 radical (unpaired) electrons. The average molecular weight is 286 g/mol. The van der Waals surface area contributed by atoms with Crippen LogP contribution in [-0.2, 0) is 10.0 Å². The normalized spacial score (nSPS) is 13.0. The summed E-state index contributed by atoms with van der Waals surface area (Å²) in [5.41, 5.74) is -0.566. The van der Waals surface area contributed by atoms with E-state index in [-0.39, 0.29) is 17.0 Å². The number of aromatic nitrogens is 1. The van der Waals surface area contributed by atoms with Crippen molar-refractivity contribution < 1.29 is 17.9 Å². The number of oxazole rings is 1. The van der Waals surface area contributed by atoms with Crippen LogP contribution in [0.3, 0.4) is 0 Å². The minimum Gasteiger partial charge on any atom is -0.408 e. The first-order valence-electron chi connectivity index (χ1n) is 5.52. The molecule has 0 bridgehead atoms. The maximum absolute atomic E-state index is 12.0. The van der Waals surface area contributed by atoms with Crippen LogP contribution in [0.15, 0.2) is 32.3 Å². The highest BCUT2D eigenvalue weighted by Gasteiger charge is 2.20. The van der Waals surface area contributed by atoms with Gasteiger partial charge in [0.05, 0.1) is 16.0 Å². The van der Waals surface area contributed by atoms with E-state index in [1.165, 1.54) is 32.0 Å². The van der Waals surface area contributed by atoms with Gasteiger partial charge >= 0.3 is 5.76 Å². The van der Waals surface area contributed by atoms with E-state index in [9.17, 15) is 18.3 Å². The first-order valence-corrected chi connectivity index (χ1v) is 7.01. The lowest BCUT2D eigenvalue weighted by Crippen LogP contribution is -2.38. The highest BCUT2D eigenvalue weighted by Crippen LogP contribution is 2.16. The standard InChI is InChI=1S/C11H14N2O5S/c1-11(2,15)6-12-19(16,17)7-3-4-9-8(5-7)13-10(14)18-9/h3-5,12,15H,6H2,1-2H3,(H,13,14). The number of H-pyrrole nitrogens is 1. The molecule has 2 aromatic rings. The number of rotatable bonds is 4. The molecule has 0 aliphatic heterocycles. The molecule has 0 atom stereocenters. The Labute approximate surface area is 109 Å². The van der Waals surface area contributed by atoms with Crippen molar-refractivity contribution in [2.24, 2.45) is 0 Å². The molecule has 1 heterocycles. The zero-order valence-electron chi connectivity index (χ0n) is 10.4. The SMILES string of the molecule is CC(C)(O)CNS(=O)(=O)c1ccc2oc(=O)[nH]c2c1. The molecule has 0 saturated carbocycles. The Bertz CT molecular complexity index is 751. The molecular weight excluding hydrogens is 272 g/mol. The Morgan fingerprint density at radius 3 is 2.74 bits per heavy atom. The van der Waals surface area contributed by atoms with Gasteiger partial charge in [-0.3, -0.25) is 4.98 Å². The van der Waals surface area contributed by atoms with Crippen LogP contribution in [0, 0.1) is 0 Å². The third-order valence-corrected chi connectivity index (χ3v) is 3.79. The second-order valence-electron chi connectivity index (χ2n) is 4.81. The van der Waals surface area contributed by atoms with E-state index < -0.39 is 21.4 Å². The molecule has 7 nitrogen and oxygen atoms in total. The fraction of sp³-hybridized carbons (Fsp3) is 0.364. The molecular formula is C11H14N2O5S. The molecule has 1 aromatic heterocycles. The van der Waals surface area contributed by atoms with Crippen LogP contribution < -0.4 is 10.5 Å². The largest absolute Gasteiger partial charge is 0.417 e. The van der Waals surface area contributed by atoms with Gasteiger partial charge in [-0.2, -0.15) is 0 Å².